The zero-order valence-corrected chi connectivity index (χ0v) is 27.2. The van der Waals surface area contributed by atoms with Gasteiger partial charge in [-0.15, -0.1) is 0 Å². The van der Waals surface area contributed by atoms with Gasteiger partial charge in [0.25, 0.3) is 0 Å². The third kappa shape index (κ3) is 31.5. The van der Waals surface area contributed by atoms with Gasteiger partial charge < -0.3 is 9.84 Å². The monoisotopic (exact) mass is 567 g/mol. The van der Waals surface area contributed by atoms with Gasteiger partial charge in [-0.05, 0) is 25.7 Å². The summed E-state index contributed by atoms with van der Waals surface area (Å²) in [7, 11) is 0. The Hall–Kier alpha value is -1.06. The van der Waals surface area contributed by atoms with Crippen LogP contribution in [0.25, 0.3) is 0 Å². The van der Waals surface area contributed by atoms with Crippen LogP contribution < -0.4 is 0 Å². The molecule has 0 aromatic rings. The minimum Gasteiger partial charge on any atom is -0.481 e. The van der Waals surface area contributed by atoms with Crippen molar-refractivity contribution in [3.8, 4) is 0 Å². The van der Waals surface area contributed by atoms with Crippen molar-refractivity contribution in [2.75, 3.05) is 0 Å². The van der Waals surface area contributed by atoms with Crippen LogP contribution in [0.3, 0.4) is 0 Å². The number of carbonyl (C=O) groups is 2. The number of hydrogen-bond acceptors (Lipinski definition) is 3. The Bertz CT molecular complexity index is 533. The van der Waals surface area contributed by atoms with Crippen molar-refractivity contribution < 1.29 is 19.4 Å². The van der Waals surface area contributed by atoms with Crippen molar-refractivity contribution in [1.29, 1.82) is 0 Å². The lowest BCUT2D eigenvalue weighted by atomic mass is 10.0. The Morgan fingerprint density at radius 1 is 0.450 bits per heavy atom. The van der Waals surface area contributed by atoms with Crippen molar-refractivity contribution >= 4 is 11.9 Å². The Morgan fingerprint density at radius 2 is 0.775 bits per heavy atom. The second kappa shape index (κ2) is 32.5. The van der Waals surface area contributed by atoms with Crippen LogP contribution in [0.4, 0.5) is 0 Å². The van der Waals surface area contributed by atoms with Gasteiger partial charge in [0.15, 0.2) is 0 Å². The van der Waals surface area contributed by atoms with E-state index in [0.717, 1.165) is 32.1 Å². The largest absolute Gasteiger partial charge is 0.481 e. The SMILES string of the molecule is CCCCCCCCCCCCCCCCCC(=O)OC(CCCCCCCCCCCCCC)CCC(=O)O. The minimum absolute atomic E-state index is 0.0785. The van der Waals surface area contributed by atoms with E-state index in [4.69, 9.17) is 9.84 Å². The molecular weight excluding hydrogens is 496 g/mol. The molecule has 0 saturated heterocycles. The third-order valence-corrected chi connectivity index (χ3v) is 8.34. The fraction of sp³-hybridized carbons (Fsp3) is 0.944. The molecule has 0 aromatic carbocycles. The van der Waals surface area contributed by atoms with Crippen LogP contribution in [-0.2, 0) is 14.3 Å². The first-order valence-electron chi connectivity index (χ1n) is 18.0. The van der Waals surface area contributed by atoms with Gasteiger partial charge in [0.05, 0.1) is 0 Å². The summed E-state index contributed by atoms with van der Waals surface area (Å²) in [4.78, 5) is 23.4. The van der Waals surface area contributed by atoms with Gasteiger partial charge in [0, 0.05) is 12.8 Å². The predicted molar refractivity (Wildman–Crippen MR) is 172 cm³/mol. The number of carbonyl (C=O) groups excluding carboxylic acids is 1. The molecule has 1 unspecified atom stereocenters. The van der Waals surface area contributed by atoms with Crippen molar-refractivity contribution in [3.63, 3.8) is 0 Å². The predicted octanol–water partition coefficient (Wildman–Crippen LogP) is 12.1. The number of ether oxygens (including phenoxy) is 1. The van der Waals surface area contributed by atoms with Crippen LogP contribution in [0.1, 0.15) is 213 Å². The van der Waals surface area contributed by atoms with E-state index < -0.39 is 5.97 Å². The number of unbranched alkanes of at least 4 members (excludes halogenated alkanes) is 25. The zero-order chi connectivity index (χ0) is 29.4. The molecule has 0 aliphatic heterocycles. The molecule has 0 heterocycles. The summed E-state index contributed by atoms with van der Waals surface area (Å²) >= 11 is 0. The second-order valence-electron chi connectivity index (χ2n) is 12.4. The van der Waals surface area contributed by atoms with Gasteiger partial charge in [-0.25, -0.2) is 0 Å². The van der Waals surface area contributed by atoms with E-state index in [9.17, 15) is 9.59 Å². The maximum Gasteiger partial charge on any atom is 0.306 e. The lowest BCUT2D eigenvalue weighted by Gasteiger charge is -2.17. The lowest BCUT2D eigenvalue weighted by Crippen LogP contribution is -2.19. The van der Waals surface area contributed by atoms with Crippen molar-refractivity contribution in [2.24, 2.45) is 0 Å². The maximum atomic E-state index is 12.4. The average Bonchev–Trinajstić information content (AvgIpc) is 2.94. The van der Waals surface area contributed by atoms with Crippen molar-refractivity contribution in [1.82, 2.24) is 0 Å². The fourth-order valence-electron chi connectivity index (χ4n) is 5.65. The van der Waals surface area contributed by atoms with Crippen LogP contribution in [0.5, 0.6) is 0 Å². The molecule has 40 heavy (non-hydrogen) atoms. The number of aliphatic carboxylic acids is 1. The molecule has 0 fully saturated rings. The quantitative estimate of drug-likeness (QED) is 0.0633. The van der Waals surface area contributed by atoms with Gasteiger partial charge in [0.2, 0.25) is 0 Å². The molecule has 0 aromatic heterocycles. The minimum atomic E-state index is -0.807. The van der Waals surface area contributed by atoms with E-state index in [1.807, 2.05) is 0 Å². The van der Waals surface area contributed by atoms with E-state index in [1.54, 1.807) is 0 Å². The van der Waals surface area contributed by atoms with Crippen LogP contribution >= 0.6 is 0 Å². The second-order valence-corrected chi connectivity index (χ2v) is 12.4. The number of carboxylic acid groups (broad SMARTS) is 1. The number of carboxylic acids is 1. The van der Waals surface area contributed by atoms with Crippen molar-refractivity contribution in [3.05, 3.63) is 0 Å². The molecule has 0 saturated carbocycles. The Labute approximate surface area is 250 Å². The van der Waals surface area contributed by atoms with E-state index in [1.165, 1.54) is 148 Å². The first-order valence-corrected chi connectivity index (χ1v) is 18.0. The standard InChI is InChI=1S/C36H70O4/c1-3-5-7-9-11-13-15-17-18-19-21-23-25-27-29-31-36(39)40-34(32-33-35(37)38)30-28-26-24-22-20-16-14-12-10-8-6-4-2/h34H,3-33H2,1-2H3,(H,37,38). The zero-order valence-electron chi connectivity index (χ0n) is 27.2. The van der Waals surface area contributed by atoms with E-state index >= 15 is 0 Å². The Balaban J connectivity index is 3.70. The summed E-state index contributed by atoms with van der Waals surface area (Å²) in [5.41, 5.74) is 0. The fourth-order valence-corrected chi connectivity index (χ4v) is 5.65. The van der Waals surface area contributed by atoms with Crippen LogP contribution in [0.2, 0.25) is 0 Å². The van der Waals surface area contributed by atoms with Gasteiger partial charge in [-0.3, -0.25) is 9.59 Å². The summed E-state index contributed by atoms with van der Waals surface area (Å²) in [5, 5.41) is 9.08. The van der Waals surface area contributed by atoms with E-state index in [0.29, 0.717) is 12.8 Å². The number of rotatable bonds is 33. The molecule has 0 spiro atoms. The molecule has 1 N–H and O–H groups in total. The first kappa shape index (κ1) is 38.9. The smallest absolute Gasteiger partial charge is 0.306 e. The van der Waals surface area contributed by atoms with Gasteiger partial charge in [0.1, 0.15) is 6.10 Å². The Morgan fingerprint density at radius 3 is 1.12 bits per heavy atom. The van der Waals surface area contributed by atoms with Crippen molar-refractivity contribution in [2.45, 2.75) is 219 Å². The summed E-state index contributed by atoms with van der Waals surface area (Å²) in [5.74, 6) is -0.942. The highest BCUT2D eigenvalue weighted by molar-refractivity contribution is 5.69. The van der Waals surface area contributed by atoms with Gasteiger partial charge in [-0.1, -0.05) is 174 Å². The molecule has 0 aliphatic rings. The summed E-state index contributed by atoms with van der Waals surface area (Å²) in [6.07, 6.45) is 36.8. The highest BCUT2D eigenvalue weighted by Gasteiger charge is 2.16. The van der Waals surface area contributed by atoms with Gasteiger partial charge >= 0.3 is 11.9 Å². The number of esters is 1. The third-order valence-electron chi connectivity index (χ3n) is 8.34. The first-order chi connectivity index (χ1) is 19.6. The maximum absolute atomic E-state index is 12.4. The summed E-state index contributed by atoms with van der Waals surface area (Å²) < 4.78 is 5.72. The number of hydrogen-bond donors (Lipinski definition) is 1. The lowest BCUT2D eigenvalue weighted by molar-refractivity contribution is -0.151. The molecule has 1 atom stereocenters. The summed E-state index contributed by atoms with van der Waals surface area (Å²) in [6.45, 7) is 4.54. The highest BCUT2D eigenvalue weighted by atomic mass is 16.5. The highest BCUT2D eigenvalue weighted by Crippen LogP contribution is 2.18. The molecule has 238 valence electrons. The topological polar surface area (TPSA) is 63.6 Å². The average molecular weight is 567 g/mol. The molecule has 0 rings (SSSR count). The van der Waals surface area contributed by atoms with E-state index in [-0.39, 0.29) is 18.5 Å². The van der Waals surface area contributed by atoms with Crippen LogP contribution in [0, 0.1) is 0 Å². The molecule has 4 heteroatoms. The molecule has 4 nitrogen and oxygen atoms in total. The van der Waals surface area contributed by atoms with E-state index in [2.05, 4.69) is 13.8 Å². The molecule has 0 radical (unpaired) electrons. The normalized spacial score (nSPS) is 12.1. The van der Waals surface area contributed by atoms with Crippen LogP contribution in [0.15, 0.2) is 0 Å². The Kier molecular flexibility index (Phi) is 31.6. The van der Waals surface area contributed by atoms with Gasteiger partial charge in [-0.2, -0.15) is 0 Å². The molecule has 0 aliphatic carbocycles. The molecule has 0 amide bonds. The molecular formula is C36H70O4. The summed E-state index contributed by atoms with van der Waals surface area (Å²) in [6, 6.07) is 0. The van der Waals surface area contributed by atoms with Crippen LogP contribution in [-0.4, -0.2) is 23.1 Å². The molecule has 0 bridgehead atoms.